The zero-order valence-electron chi connectivity index (χ0n) is 20.8. The smallest absolute Gasteiger partial charge is 0.455 e. The van der Waals surface area contributed by atoms with Crippen LogP contribution >= 0.6 is 0 Å². The normalized spacial score (nSPS) is 13.5. The number of benzene rings is 3. The number of sulfonamides is 1. The van der Waals surface area contributed by atoms with Crippen molar-refractivity contribution >= 4 is 45.2 Å². The topological polar surface area (TPSA) is 120 Å². The van der Waals surface area contributed by atoms with E-state index in [0.717, 1.165) is 30.7 Å². The molecule has 0 saturated heterocycles. The number of carbonyl (C=O) groups is 1. The van der Waals surface area contributed by atoms with Gasteiger partial charge in [0, 0.05) is 29.5 Å². The third-order valence-electron chi connectivity index (χ3n) is 6.68. The Morgan fingerprint density at radius 3 is 2.42 bits per heavy atom. The summed E-state index contributed by atoms with van der Waals surface area (Å²) >= 11 is 0. The van der Waals surface area contributed by atoms with Crippen molar-refractivity contribution in [2.24, 2.45) is 0 Å². The molecule has 0 bridgehead atoms. The number of hydrogen-bond donors (Lipinski definition) is 3. The molecule has 0 radical (unpaired) electrons. The van der Waals surface area contributed by atoms with Gasteiger partial charge in [-0.3, -0.25) is 9.10 Å². The van der Waals surface area contributed by atoms with Gasteiger partial charge >= 0.3 is 7.12 Å². The first-order chi connectivity index (χ1) is 18.1. The van der Waals surface area contributed by atoms with Crippen LogP contribution < -0.4 is 15.1 Å². The van der Waals surface area contributed by atoms with Crippen LogP contribution in [0.2, 0.25) is 0 Å². The van der Waals surface area contributed by atoms with Crippen LogP contribution in [-0.2, 0) is 16.6 Å². The van der Waals surface area contributed by atoms with Crippen LogP contribution in [0.15, 0.2) is 65.1 Å². The quantitative estimate of drug-likeness (QED) is 0.298. The van der Waals surface area contributed by atoms with Gasteiger partial charge in [-0.1, -0.05) is 42.5 Å². The van der Waals surface area contributed by atoms with E-state index in [1.807, 2.05) is 36.4 Å². The van der Waals surface area contributed by atoms with Crippen molar-refractivity contribution in [1.82, 2.24) is 5.32 Å². The Bertz CT molecular complexity index is 1630. The van der Waals surface area contributed by atoms with E-state index in [1.54, 1.807) is 6.07 Å². The second-order valence-corrected chi connectivity index (χ2v) is 11.3. The van der Waals surface area contributed by atoms with Crippen molar-refractivity contribution in [3.05, 3.63) is 83.2 Å². The first kappa shape index (κ1) is 26.0. The third-order valence-corrected chi connectivity index (χ3v) is 7.81. The van der Waals surface area contributed by atoms with Crippen LogP contribution in [0.1, 0.15) is 40.2 Å². The van der Waals surface area contributed by atoms with Gasteiger partial charge in [-0.15, -0.1) is 0 Å². The van der Waals surface area contributed by atoms with Crippen LogP contribution in [0.3, 0.4) is 0 Å². The fourth-order valence-corrected chi connectivity index (χ4v) is 5.55. The van der Waals surface area contributed by atoms with Crippen molar-refractivity contribution in [2.75, 3.05) is 17.6 Å². The van der Waals surface area contributed by atoms with E-state index in [9.17, 15) is 27.7 Å². The minimum absolute atomic E-state index is 0.106. The number of fused-ring (bicyclic) bond motifs is 1. The SMILES string of the molecule is CNC(=O)c1c(-c2ccccc2)oc2cc(N(Cc3ccc(B(O)O)c(F)c3)S(C)(=O)=O)c(C3CC3)cc12. The van der Waals surface area contributed by atoms with Crippen LogP contribution in [0.4, 0.5) is 10.1 Å². The van der Waals surface area contributed by atoms with Crippen LogP contribution in [0.25, 0.3) is 22.3 Å². The predicted octanol–water partition coefficient (Wildman–Crippen LogP) is 3.12. The Hall–Kier alpha value is -3.67. The third kappa shape index (κ3) is 4.92. The summed E-state index contributed by atoms with van der Waals surface area (Å²) in [6.45, 7) is -0.183. The molecule has 196 valence electrons. The highest BCUT2D eigenvalue weighted by molar-refractivity contribution is 7.92. The lowest BCUT2D eigenvalue weighted by atomic mass is 9.79. The lowest BCUT2D eigenvalue weighted by molar-refractivity contribution is 0.0964. The standard InChI is InChI=1S/C27H26BFN2O6S/c1-30-27(32)25-20-13-19(17-9-10-17)23(14-24(20)37-26(25)18-6-4-3-5-7-18)31(38(2,35)36)15-16-8-11-21(28(33)34)22(29)12-16/h3-8,11-14,17,33-34H,9-10,15H2,1-2H3,(H,30,32). The molecule has 1 aliphatic carbocycles. The van der Waals surface area contributed by atoms with E-state index in [4.69, 9.17) is 4.42 Å². The van der Waals surface area contributed by atoms with E-state index in [1.165, 1.54) is 23.5 Å². The molecule has 0 aliphatic heterocycles. The molecule has 3 N–H and O–H groups in total. The Morgan fingerprint density at radius 1 is 1.13 bits per heavy atom. The number of amides is 1. The number of anilines is 1. The lowest BCUT2D eigenvalue weighted by Gasteiger charge is -2.25. The van der Waals surface area contributed by atoms with Gasteiger partial charge in [0.15, 0.2) is 0 Å². The maximum absolute atomic E-state index is 14.5. The summed E-state index contributed by atoms with van der Waals surface area (Å²) in [6.07, 6.45) is 2.81. The molecule has 0 spiro atoms. The van der Waals surface area contributed by atoms with Crippen LogP contribution in [-0.4, -0.2) is 44.8 Å². The minimum Gasteiger partial charge on any atom is -0.455 e. The molecule has 11 heteroatoms. The summed E-state index contributed by atoms with van der Waals surface area (Å²) in [4.78, 5) is 13.0. The molecule has 38 heavy (non-hydrogen) atoms. The van der Waals surface area contributed by atoms with Crippen molar-refractivity contribution < 1.29 is 32.1 Å². The van der Waals surface area contributed by atoms with E-state index < -0.39 is 23.0 Å². The van der Waals surface area contributed by atoms with Gasteiger partial charge in [0.2, 0.25) is 10.0 Å². The Morgan fingerprint density at radius 2 is 1.84 bits per heavy atom. The van der Waals surface area contributed by atoms with Gasteiger partial charge in [0.1, 0.15) is 17.2 Å². The summed E-state index contributed by atoms with van der Waals surface area (Å²) in [7, 11) is -4.28. The van der Waals surface area contributed by atoms with Gasteiger partial charge in [-0.2, -0.15) is 0 Å². The monoisotopic (exact) mass is 536 g/mol. The predicted molar refractivity (Wildman–Crippen MR) is 144 cm³/mol. The summed E-state index contributed by atoms with van der Waals surface area (Å²) in [6, 6.07) is 16.4. The molecule has 1 fully saturated rings. The molecule has 5 rings (SSSR count). The van der Waals surface area contributed by atoms with Gasteiger partial charge < -0.3 is 19.8 Å². The van der Waals surface area contributed by atoms with Crippen molar-refractivity contribution in [3.63, 3.8) is 0 Å². The average molecular weight is 536 g/mol. The number of carbonyl (C=O) groups excluding carboxylic acids is 1. The molecule has 1 amide bonds. The molecular weight excluding hydrogens is 510 g/mol. The van der Waals surface area contributed by atoms with E-state index in [0.29, 0.717) is 39.1 Å². The van der Waals surface area contributed by atoms with Crippen LogP contribution in [0, 0.1) is 5.82 Å². The second kappa shape index (κ2) is 9.90. The molecular formula is C27H26BFN2O6S. The highest BCUT2D eigenvalue weighted by Crippen LogP contribution is 2.48. The highest BCUT2D eigenvalue weighted by atomic mass is 32.2. The maximum atomic E-state index is 14.5. The highest BCUT2D eigenvalue weighted by Gasteiger charge is 2.33. The van der Waals surface area contributed by atoms with Crippen molar-refractivity contribution in [3.8, 4) is 11.3 Å². The first-order valence-corrected chi connectivity index (χ1v) is 13.9. The number of hydrogen-bond acceptors (Lipinski definition) is 6. The molecule has 1 aromatic heterocycles. The average Bonchev–Trinajstić information content (AvgIpc) is 3.66. The number of nitrogens with zero attached hydrogens (tertiary/aromatic N) is 1. The summed E-state index contributed by atoms with van der Waals surface area (Å²) in [5.74, 6) is -0.684. The number of halogens is 1. The van der Waals surface area contributed by atoms with Gasteiger partial charge in [0.05, 0.1) is 24.1 Å². The molecule has 4 aromatic rings. The fraction of sp³-hybridized carbons (Fsp3) is 0.222. The molecule has 0 atom stereocenters. The summed E-state index contributed by atoms with van der Waals surface area (Å²) in [5.41, 5.74) is 2.61. The molecule has 0 unspecified atom stereocenters. The number of furan rings is 1. The van der Waals surface area contributed by atoms with E-state index >= 15 is 0 Å². The number of rotatable bonds is 8. The molecule has 3 aromatic carbocycles. The zero-order chi connectivity index (χ0) is 27.2. The number of nitrogens with one attached hydrogen (secondary N) is 1. The van der Waals surface area contributed by atoms with Gasteiger partial charge in [-0.25, -0.2) is 12.8 Å². The Kier molecular flexibility index (Phi) is 6.76. The summed E-state index contributed by atoms with van der Waals surface area (Å²) in [5, 5.41) is 21.9. The van der Waals surface area contributed by atoms with Gasteiger partial charge in [0.25, 0.3) is 5.91 Å². The molecule has 1 saturated carbocycles. The first-order valence-electron chi connectivity index (χ1n) is 12.1. The minimum atomic E-state index is -3.84. The van der Waals surface area contributed by atoms with Crippen LogP contribution in [0.5, 0.6) is 0 Å². The molecule has 1 aliphatic rings. The Balaban J connectivity index is 1.69. The fourth-order valence-electron chi connectivity index (χ4n) is 4.65. The van der Waals surface area contributed by atoms with Gasteiger partial charge in [-0.05, 0) is 42.0 Å². The zero-order valence-corrected chi connectivity index (χ0v) is 21.6. The largest absolute Gasteiger partial charge is 0.491 e. The van der Waals surface area contributed by atoms with Crippen molar-refractivity contribution in [2.45, 2.75) is 25.3 Å². The summed E-state index contributed by atoms with van der Waals surface area (Å²) < 4.78 is 47.9. The lowest BCUT2D eigenvalue weighted by Crippen LogP contribution is -2.34. The Labute approximate surface area is 219 Å². The molecule has 1 heterocycles. The van der Waals surface area contributed by atoms with E-state index in [-0.39, 0.29) is 23.8 Å². The van der Waals surface area contributed by atoms with E-state index in [2.05, 4.69) is 5.32 Å². The maximum Gasteiger partial charge on any atom is 0.491 e. The van der Waals surface area contributed by atoms with Crippen molar-refractivity contribution in [1.29, 1.82) is 0 Å². The molecule has 8 nitrogen and oxygen atoms in total. The second-order valence-electron chi connectivity index (χ2n) is 9.43.